The van der Waals surface area contributed by atoms with E-state index >= 15 is 0 Å². The van der Waals surface area contributed by atoms with Crippen molar-refractivity contribution in [1.82, 2.24) is 0 Å². The van der Waals surface area contributed by atoms with Gasteiger partial charge in [0.1, 0.15) is 0 Å². The van der Waals surface area contributed by atoms with Crippen molar-refractivity contribution in [3.8, 4) is 0 Å². The molecule has 0 atom stereocenters. The molecule has 5 N–H and O–H groups in total. The Morgan fingerprint density at radius 3 is 2.54 bits per heavy atom. The lowest BCUT2D eigenvalue weighted by molar-refractivity contribution is -0.432. The van der Waals surface area contributed by atoms with Crippen molar-refractivity contribution in [3.05, 3.63) is 17.7 Å². The summed E-state index contributed by atoms with van der Waals surface area (Å²) < 4.78 is 4.27. The fourth-order valence-corrected chi connectivity index (χ4v) is 1.34. The Bertz CT molecular complexity index is 306. The van der Waals surface area contributed by atoms with E-state index in [0.717, 1.165) is 22.5 Å². The largest absolute Gasteiger partial charge is 0.397 e. The number of hydrogen-bond donors (Lipinski definition) is 3. The summed E-state index contributed by atoms with van der Waals surface area (Å²) in [5.74, 6) is 0. The Morgan fingerprint density at radius 2 is 1.92 bits per heavy atom. The van der Waals surface area contributed by atoms with Gasteiger partial charge in [-0.25, -0.2) is 5.26 Å². The van der Waals surface area contributed by atoms with E-state index in [0.29, 0.717) is 11.4 Å². The minimum Gasteiger partial charge on any atom is -0.397 e. The molecule has 6 heteroatoms. The van der Waals surface area contributed by atoms with Crippen LogP contribution in [0.4, 0.5) is 11.4 Å². The van der Waals surface area contributed by atoms with Crippen LogP contribution in [0.1, 0.15) is 5.56 Å². The maximum absolute atomic E-state index is 7.94. The molecule has 0 aliphatic carbocycles. The van der Waals surface area contributed by atoms with Gasteiger partial charge >= 0.3 is 0 Å². The van der Waals surface area contributed by atoms with Gasteiger partial charge in [0.15, 0.2) is 0 Å². The van der Waals surface area contributed by atoms with E-state index in [-0.39, 0.29) is 0 Å². The van der Waals surface area contributed by atoms with Crippen LogP contribution in [0.5, 0.6) is 0 Å². The van der Waals surface area contributed by atoms with E-state index in [4.69, 9.17) is 16.7 Å². The van der Waals surface area contributed by atoms with E-state index in [1.165, 1.54) is 0 Å². The predicted octanol–water partition coefficient (Wildman–Crippen LogP) is 1.59. The molecule has 0 heterocycles. The molecule has 5 nitrogen and oxygen atoms in total. The minimum atomic E-state index is 0.467. The summed E-state index contributed by atoms with van der Waals surface area (Å²) in [6, 6.07) is 3.37. The highest BCUT2D eigenvalue weighted by Gasteiger charge is 2.04. The first kappa shape index (κ1) is 10.1. The molecule has 1 rings (SSSR count). The Labute approximate surface area is 79.7 Å². The fourth-order valence-electron chi connectivity index (χ4n) is 0.868. The number of hydrogen-bond acceptors (Lipinski definition) is 6. The van der Waals surface area contributed by atoms with Gasteiger partial charge in [-0.15, -0.1) is 4.33 Å². The van der Waals surface area contributed by atoms with E-state index in [1.54, 1.807) is 12.1 Å². The van der Waals surface area contributed by atoms with Crippen LogP contribution in [-0.2, 0) is 9.37 Å². The molecule has 0 spiro atoms. The summed E-state index contributed by atoms with van der Waals surface area (Å²) in [6.45, 7) is 1.85. The van der Waals surface area contributed by atoms with Crippen LogP contribution >= 0.6 is 12.0 Å². The van der Waals surface area contributed by atoms with Gasteiger partial charge in [0.2, 0.25) is 0 Å². The SMILES string of the molecule is Cc1cc(N)c(N)cc1SOOO. The van der Waals surface area contributed by atoms with Crippen LogP contribution < -0.4 is 11.5 Å². The van der Waals surface area contributed by atoms with E-state index < -0.39 is 0 Å². The Hall–Kier alpha value is -0.950. The summed E-state index contributed by atoms with van der Waals surface area (Å²) in [5.41, 5.74) is 13.0. The minimum absolute atomic E-state index is 0.467. The van der Waals surface area contributed by atoms with Crippen molar-refractivity contribution in [2.24, 2.45) is 0 Å². The van der Waals surface area contributed by atoms with Crippen molar-refractivity contribution >= 4 is 23.4 Å². The lowest BCUT2D eigenvalue weighted by Crippen LogP contribution is -1.96. The van der Waals surface area contributed by atoms with Crippen LogP contribution in [0, 0.1) is 6.92 Å². The normalized spacial score (nSPS) is 10.3. The topological polar surface area (TPSA) is 90.7 Å². The van der Waals surface area contributed by atoms with Gasteiger partial charge in [0.25, 0.3) is 0 Å². The van der Waals surface area contributed by atoms with Gasteiger partial charge in [0.05, 0.1) is 23.4 Å². The third kappa shape index (κ3) is 2.49. The van der Waals surface area contributed by atoms with Crippen LogP contribution in [-0.4, -0.2) is 5.26 Å². The molecule has 1 aromatic carbocycles. The maximum Gasteiger partial charge on any atom is 0.0718 e. The van der Waals surface area contributed by atoms with Gasteiger partial charge in [0, 0.05) is 4.90 Å². The fraction of sp³-hybridized carbons (Fsp3) is 0.143. The second kappa shape index (κ2) is 4.33. The first-order chi connectivity index (χ1) is 6.15. The zero-order valence-corrected chi connectivity index (χ0v) is 7.80. The third-order valence-electron chi connectivity index (χ3n) is 1.53. The Morgan fingerprint density at radius 1 is 1.31 bits per heavy atom. The molecule has 13 heavy (non-hydrogen) atoms. The lowest BCUT2D eigenvalue weighted by atomic mass is 10.2. The average molecular weight is 202 g/mol. The lowest BCUT2D eigenvalue weighted by Gasteiger charge is -2.06. The maximum atomic E-state index is 7.94. The van der Waals surface area contributed by atoms with Crippen LogP contribution in [0.25, 0.3) is 0 Å². The molecule has 1 aromatic rings. The summed E-state index contributed by atoms with van der Waals surface area (Å²) in [5, 5.41) is 11.4. The molecule has 72 valence electrons. The highest BCUT2D eigenvalue weighted by molar-refractivity contribution is 7.94. The molecule has 0 aliphatic rings. The van der Waals surface area contributed by atoms with Crippen LogP contribution in [0.15, 0.2) is 17.0 Å². The highest BCUT2D eigenvalue weighted by atomic mass is 32.2. The number of benzene rings is 1. The van der Waals surface area contributed by atoms with Crippen LogP contribution in [0.3, 0.4) is 0 Å². The molecule has 0 saturated carbocycles. The second-order valence-corrected chi connectivity index (χ2v) is 3.22. The van der Waals surface area contributed by atoms with Crippen molar-refractivity contribution < 1.29 is 14.6 Å². The molecular weight excluding hydrogens is 192 g/mol. The molecule has 0 bridgehead atoms. The monoisotopic (exact) mass is 202 g/mol. The molecule has 0 amide bonds. The molecular formula is C7H10N2O3S. The number of aryl methyl sites for hydroxylation is 1. The molecule has 0 unspecified atom stereocenters. The second-order valence-electron chi connectivity index (χ2n) is 2.47. The first-order valence-electron chi connectivity index (χ1n) is 3.45. The van der Waals surface area contributed by atoms with Crippen molar-refractivity contribution in [3.63, 3.8) is 0 Å². The first-order valence-corrected chi connectivity index (χ1v) is 4.19. The molecule has 0 aromatic heterocycles. The average Bonchev–Trinajstić information content (AvgIpc) is 2.09. The van der Waals surface area contributed by atoms with Crippen LogP contribution in [0.2, 0.25) is 0 Å². The standard InChI is InChI=1S/C7H10N2O3S/c1-4-2-5(8)6(9)3-7(4)13-12-11-10/h2-3,10H,8-9H2,1H3. The molecule has 0 fully saturated rings. The Balaban J connectivity index is 2.88. The summed E-state index contributed by atoms with van der Waals surface area (Å²) in [7, 11) is 0. The smallest absolute Gasteiger partial charge is 0.0718 e. The van der Waals surface area contributed by atoms with Gasteiger partial charge in [-0.3, -0.25) is 0 Å². The summed E-state index contributed by atoms with van der Waals surface area (Å²) in [4.78, 5) is 0.737. The molecule has 0 radical (unpaired) electrons. The number of anilines is 2. The number of nitrogens with two attached hydrogens (primary N) is 2. The predicted molar refractivity (Wildman–Crippen MR) is 50.7 cm³/mol. The van der Waals surface area contributed by atoms with Gasteiger partial charge < -0.3 is 11.5 Å². The van der Waals surface area contributed by atoms with Gasteiger partial charge in [-0.1, -0.05) is 5.04 Å². The molecule has 0 saturated heterocycles. The van der Waals surface area contributed by atoms with Crippen molar-refractivity contribution in [2.45, 2.75) is 11.8 Å². The zero-order valence-electron chi connectivity index (χ0n) is 6.98. The van der Waals surface area contributed by atoms with E-state index in [9.17, 15) is 0 Å². The number of nitrogen functional groups attached to an aromatic ring is 2. The van der Waals surface area contributed by atoms with Crippen molar-refractivity contribution in [1.29, 1.82) is 0 Å². The summed E-state index contributed by atoms with van der Waals surface area (Å²) >= 11 is 0.862. The van der Waals surface area contributed by atoms with E-state index in [2.05, 4.69) is 9.37 Å². The number of rotatable bonds is 3. The van der Waals surface area contributed by atoms with Gasteiger partial charge in [-0.2, -0.15) is 0 Å². The van der Waals surface area contributed by atoms with Crippen molar-refractivity contribution in [2.75, 3.05) is 11.5 Å². The van der Waals surface area contributed by atoms with Gasteiger partial charge in [-0.05, 0) is 24.6 Å². The zero-order chi connectivity index (χ0) is 9.84. The third-order valence-corrected chi connectivity index (χ3v) is 2.28. The Kier molecular flexibility index (Phi) is 3.38. The van der Waals surface area contributed by atoms with E-state index in [1.807, 2.05) is 6.92 Å². The quantitative estimate of drug-likeness (QED) is 0.298. The highest BCUT2D eigenvalue weighted by Crippen LogP contribution is 2.28. The molecule has 0 aliphatic heterocycles. The summed E-state index contributed by atoms with van der Waals surface area (Å²) in [6.07, 6.45) is 0.